The maximum atomic E-state index is 4.46. The Kier molecular flexibility index (Phi) is 1.82. The summed E-state index contributed by atoms with van der Waals surface area (Å²) in [6.07, 6.45) is 0. The van der Waals surface area contributed by atoms with Gasteiger partial charge in [0.05, 0.1) is 11.9 Å². The Morgan fingerprint density at radius 1 is 1.33 bits per heavy atom. The van der Waals surface area contributed by atoms with Crippen molar-refractivity contribution in [2.75, 3.05) is 6.54 Å². The van der Waals surface area contributed by atoms with Crippen molar-refractivity contribution in [3.8, 4) is 0 Å². The van der Waals surface area contributed by atoms with E-state index >= 15 is 0 Å². The van der Waals surface area contributed by atoms with Crippen LogP contribution in [0.5, 0.6) is 0 Å². The second kappa shape index (κ2) is 2.97. The lowest BCUT2D eigenvalue weighted by atomic mass is 10.1. The average molecular weight is 160 g/mol. The van der Waals surface area contributed by atoms with Crippen LogP contribution in [0, 0.1) is 0 Å². The van der Waals surface area contributed by atoms with Crippen LogP contribution in [0.15, 0.2) is 35.3 Å². The third kappa shape index (κ3) is 1.33. The molecule has 1 heterocycles. The van der Waals surface area contributed by atoms with Crippen molar-refractivity contribution in [1.82, 2.24) is 5.32 Å². The molecule has 2 heteroatoms. The first-order valence-electron chi connectivity index (χ1n) is 4.19. The number of amidine groups is 1. The van der Waals surface area contributed by atoms with Crippen LogP contribution in [0.3, 0.4) is 0 Å². The molecule has 1 atom stereocenters. The van der Waals surface area contributed by atoms with E-state index in [4.69, 9.17) is 0 Å². The topological polar surface area (TPSA) is 24.4 Å². The van der Waals surface area contributed by atoms with Gasteiger partial charge in [0.1, 0.15) is 0 Å². The molecule has 1 N–H and O–H groups in total. The van der Waals surface area contributed by atoms with Crippen LogP contribution in [-0.4, -0.2) is 12.4 Å². The van der Waals surface area contributed by atoms with Crippen LogP contribution in [-0.2, 0) is 0 Å². The van der Waals surface area contributed by atoms with Gasteiger partial charge in [0.15, 0.2) is 0 Å². The molecular weight excluding hydrogens is 148 g/mol. The zero-order valence-electron chi connectivity index (χ0n) is 7.12. The van der Waals surface area contributed by atoms with E-state index in [0.717, 1.165) is 12.4 Å². The number of rotatable bonds is 1. The Balaban J connectivity index is 2.22. The van der Waals surface area contributed by atoms with Gasteiger partial charge in [0.2, 0.25) is 0 Å². The van der Waals surface area contributed by atoms with Gasteiger partial charge in [-0.25, -0.2) is 0 Å². The SMILES string of the molecule is CC1=NC(c2ccccc2)CN1. The Bertz CT molecular complexity index is 290. The Labute approximate surface area is 72.3 Å². The van der Waals surface area contributed by atoms with Crippen molar-refractivity contribution < 1.29 is 0 Å². The molecule has 62 valence electrons. The fourth-order valence-electron chi connectivity index (χ4n) is 1.44. The van der Waals surface area contributed by atoms with Gasteiger partial charge in [-0.05, 0) is 12.5 Å². The highest BCUT2D eigenvalue weighted by molar-refractivity contribution is 5.81. The first-order chi connectivity index (χ1) is 5.86. The molecule has 1 aliphatic rings. The second-order valence-electron chi connectivity index (χ2n) is 3.02. The number of aliphatic imine (C=N–C) groups is 1. The highest BCUT2D eigenvalue weighted by Crippen LogP contribution is 2.18. The Morgan fingerprint density at radius 2 is 2.08 bits per heavy atom. The molecule has 1 aromatic rings. The third-order valence-corrected chi connectivity index (χ3v) is 2.09. The van der Waals surface area contributed by atoms with Crippen LogP contribution >= 0.6 is 0 Å². The minimum Gasteiger partial charge on any atom is -0.372 e. The molecule has 2 nitrogen and oxygen atoms in total. The average Bonchev–Trinajstić information content (AvgIpc) is 2.54. The number of nitrogens with zero attached hydrogens (tertiary/aromatic N) is 1. The molecule has 0 bridgehead atoms. The van der Waals surface area contributed by atoms with E-state index in [1.54, 1.807) is 0 Å². The fraction of sp³-hybridized carbons (Fsp3) is 0.300. The summed E-state index contributed by atoms with van der Waals surface area (Å²) in [6, 6.07) is 10.7. The molecule has 0 aliphatic carbocycles. The van der Waals surface area contributed by atoms with Crippen LogP contribution in [0.25, 0.3) is 0 Å². The first-order valence-corrected chi connectivity index (χ1v) is 4.19. The summed E-state index contributed by atoms with van der Waals surface area (Å²) in [6.45, 7) is 2.94. The van der Waals surface area contributed by atoms with Crippen molar-refractivity contribution >= 4 is 5.84 Å². The van der Waals surface area contributed by atoms with E-state index in [1.165, 1.54) is 5.56 Å². The first kappa shape index (κ1) is 7.35. The van der Waals surface area contributed by atoms with Crippen molar-refractivity contribution in [2.24, 2.45) is 4.99 Å². The lowest BCUT2D eigenvalue weighted by Gasteiger charge is -2.04. The molecule has 0 saturated heterocycles. The predicted octanol–water partition coefficient (Wildman–Crippen LogP) is 1.75. The standard InChI is InChI=1S/C10H12N2/c1-8-11-7-10(12-8)9-5-3-2-4-6-9/h2-6,10H,7H2,1H3,(H,11,12). The van der Waals surface area contributed by atoms with Crippen molar-refractivity contribution in [3.05, 3.63) is 35.9 Å². The largest absolute Gasteiger partial charge is 0.372 e. The van der Waals surface area contributed by atoms with E-state index in [-0.39, 0.29) is 0 Å². The Morgan fingerprint density at radius 3 is 2.67 bits per heavy atom. The van der Waals surface area contributed by atoms with E-state index in [0.29, 0.717) is 6.04 Å². The van der Waals surface area contributed by atoms with Crippen LogP contribution in [0.1, 0.15) is 18.5 Å². The van der Waals surface area contributed by atoms with E-state index in [9.17, 15) is 0 Å². The number of hydrogen-bond donors (Lipinski definition) is 1. The maximum Gasteiger partial charge on any atom is 0.0941 e. The molecule has 0 aromatic heterocycles. The summed E-state index contributed by atoms with van der Waals surface area (Å²) in [5.41, 5.74) is 1.29. The van der Waals surface area contributed by atoms with Gasteiger partial charge < -0.3 is 5.32 Å². The third-order valence-electron chi connectivity index (χ3n) is 2.09. The fourth-order valence-corrected chi connectivity index (χ4v) is 1.44. The minimum atomic E-state index is 0.325. The zero-order valence-corrected chi connectivity index (χ0v) is 7.12. The van der Waals surface area contributed by atoms with Gasteiger partial charge in [-0.3, -0.25) is 4.99 Å². The lowest BCUT2D eigenvalue weighted by molar-refractivity contribution is 0.751. The van der Waals surface area contributed by atoms with Gasteiger partial charge in [-0.2, -0.15) is 0 Å². The predicted molar refractivity (Wildman–Crippen MR) is 50.3 cm³/mol. The molecule has 1 aliphatic heterocycles. The van der Waals surface area contributed by atoms with E-state index < -0.39 is 0 Å². The van der Waals surface area contributed by atoms with Crippen molar-refractivity contribution in [2.45, 2.75) is 13.0 Å². The van der Waals surface area contributed by atoms with Crippen LogP contribution in [0.4, 0.5) is 0 Å². The monoisotopic (exact) mass is 160 g/mol. The molecule has 12 heavy (non-hydrogen) atoms. The zero-order chi connectivity index (χ0) is 8.39. The summed E-state index contributed by atoms with van der Waals surface area (Å²) in [5.74, 6) is 1.05. The molecule has 1 unspecified atom stereocenters. The maximum absolute atomic E-state index is 4.46. The van der Waals surface area contributed by atoms with Gasteiger partial charge in [0.25, 0.3) is 0 Å². The van der Waals surface area contributed by atoms with Crippen LogP contribution in [0.2, 0.25) is 0 Å². The molecule has 0 amide bonds. The molecule has 0 spiro atoms. The molecule has 0 fully saturated rings. The summed E-state index contributed by atoms with van der Waals surface area (Å²) in [5, 5.41) is 3.22. The van der Waals surface area contributed by atoms with E-state index in [2.05, 4.69) is 34.6 Å². The molecule has 0 saturated carbocycles. The van der Waals surface area contributed by atoms with E-state index in [1.807, 2.05) is 13.0 Å². The van der Waals surface area contributed by atoms with Gasteiger partial charge >= 0.3 is 0 Å². The van der Waals surface area contributed by atoms with Crippen molar-refractivity contribution in [1.29, 1.82) is 0 Å². The normalized spacial score (nSPS) is 21.8. The Hall–Kier alpha value is -1.31. The summed E-state index contributed by atoms with van der Waals surface area (Å²) in [4.78, 5) is 4.46. The highest BCUT2D eigenvalue weighted by Gasteiger charge is 2.14. The molecule has 2 rings (SSSR count). The molecule has 0 radical (unpaired) electrons. The van der Waals surface area contributed by atoms with Gasteiger partial charge in [-0.15, -0.1) is 0 Å². The quantitative estimate of drug-likeness (QED) is 0.665. The number of benzene rings is 1. The molecular formula is C10H12N2. The lowest BCUT2D eigenvalue weighted by Crippen LogP contribution is -2.15. The summed E-state index contributed by atoms with van der Waals surface area (Å²) < 4.78 is 0. The summed E-state index contributed by atoms with van der Waals surface area (Å²) >= 11 is 0. The summed E-state index contributed by atoms with van der Waals surface area (Å²) in [7, 11) is 0. The van der Waals surface area contributed by atoms with Crippen molar-refractivity contribution in [3.63, 3.8) is 0 Å². The van der Waals surface area contributed by atoms with Gasteiger partial charge in [-0.1, -0.05) is 30.3 Å². The minimum absolute atomic E-state index is 0.325. The van der Waals surface area contributed by atoms with Crippen LogP contribution < -0.4 is 5.32 Å². The van der Waals surface area contributed by atoms with Gasteiger partial charge in [0, 0.05) is 6.54 Å². The second-order valence-corrected chi connectivity index (χ2v) is 3.02. The number of nitrogens with one attached hydrogen (secondary N) is 1. The molecule has 1 aromatic carbocycles. The smallest absolute Gasteiger partial charge is 0.0941 e. The number of hydrogen-bond acceptors (Lipinski definition) is 2. The highest BCUT2D eigenvalue weighted by atomic mass is 15.1.